The zero-order chi connectivity index (χ0) is 17.2. The minimum absolute atomic E-state index is 0.194. The smallest absolute Gasteiger partial charge is 0.410 e. The molecule has 1 unspecified atom stereocenters. The second kappa shape index (κ2) is 6.60. The number of amides is 1. The second-order valence-corrected chi connectivity index (χ2v) is 6.59. The van der Waals surface area contributed by atoms with Crippen molar-refractivity contribution in [3.63, 3.8) is 0 Å². The van der Waals surface area contributed by atoms with Gasteiger partial charge in [-0.05, 0) is 34.6 Å². The van der Waals surface area contributed by atoms with E-state index in [4.69, 9.17) is 9.47 Å². The highest BCUT2D eigenvalue weighted by Gasteiger charge is 2.33. The van der Waals surface area contributed by atoms with Gasteiger partial charge in [0.25, 0.3) is 0 Å². The zero-order valence-corrected chi connectivity index (χ0v) is 14.5. The molecule has 0 bridgehead atoms. The van der Waals surface area contributed by atoms with Gasteiger partial charge in [-0.25, -0.2) is 9.78 Å². The summed E-state index contributed by atoms with van der Waals surface area (Å²) >= 11 is 0. The summed E-state index contributed by atoms with van der Waals surface area (Å²) in [5.41, 5.74) is 0.285. The van der Waals surface area contributed by atoms with Crippen LogP contribution in [-0.4, -0.2) is 45.3 Å². The average Bonchev–Trinajstić information content (AvgIpc) is 2.81. The van der Waals surface area contributed by atoms with Crippen LogP contribution in [0.2, 0.25) is 0 Å². The van der Waals surface area contributed by atoms with Gasteiger partial charge >= 0.3 is 12.1 Å². The third-order valence-electron chi connectivity index (χ3n) is 3.63. The lowest BCUT2D eigenvalue weighted by Crippen LogP contribution is -2.44. The molecule has 0 saturated carbocycles. The van der Waals surface area contributed by atoms with E-state index in [2.05, 4.69) is 4.98 Å². The van der Waals surface area contributed by atoms with Crippen LogP contribution in [0.4, 0.5) is 4.79 Å². The number of hydrogen-bond acceptors (Lipinski definition) is 5. The highest BCUT2D eigenvalue weighted by molar-refractivity contribution is 5.72. The normalized spacial score (nSPS) is 17.6. The van der Waals surface area contributed by atoms with Crippen molar-refractivity contribution in [1.82, 2.24) is 14.5 Å². The van der Waals surface area contributed by atoms with Gasteiger partial charge in [-0.3, -0.25) is 9.69 Å². The molecule has 0 saturated heterocycles. The maximum Gasteiger partial charge on any atom is 0.410 e. The SMILES string of the molecule is CCOC(=O)Cc1cnc2n1CCN(C(=O)OC(C)(C)C)C2C. The fourth-order valence-corrected chi connectivity index (χ4v) is 2.63. The first-order valence-electron chi connectivity index (χ1n) is 7.92. The number of imidazole rings is 1. The second-order valence-electron chi connectivity index (χ2n) is 6.59. The molecule has 7 nitrogen and oxygen atoms in total. The molecular formula is C16H25N3O4. The molecule has 0 fully saturated rings. The molecule has 0 aliphatic carbocycles. The van der Waals surface area contributed by atoms with E-state index in [1.165, 1.54) is 0 Å². The van der Waals surface area contributed by atoms with Crippen molar-refractivity contribution in [2.75, 3.05) is 13.2 Å². The van der Waals surface area contributed by atoms with E-state index in [1.54, 1.807) is 18.0 Å². The lowest BCUT2D eigenvalue weighted by atomic mass is 10.2. The molecule has 1 aliphatic heterocycles. The zero-order valence-electron chi connectivity index (χ0n) is 14.5. The molecule has 1 amide bonds. The van der Waals surface area contributed by atoms with Crippen molar-refractivity contribution < 1.29 is 19.1 Å². The molecule has 23 heavy (non-hydrogen) atoms. The Bertz CT molecular complexity index is 589. The minimum Gasteiger partial charge on any atom is -0.466 e. The van der Waals surface area contributed by atoms with Crippen LogP contribution in [0.1, 0.15) is 52.2 Å². The number of carbonyl (C=O) groups is 2. The van der Waals surface area contributed by atoms with Gasteiger partial charge in [0.05, 0.1) is 19.1 Å². The van der Waals surface area contributed by atoms with Crippen molar-refractivity contribution in [1.29, 1.82) is 0 Å². The van der Waals surface area contributed by atoms with Gasteiger partial charge in [0, 0.05) is 25.0 Å². The van der Waals surface area contributed by atoms with Gasteiger partial charge in [0.15, 0.2) is 0 Å². The number of aromatic nitrogens is 2. The van der Waals surface area contributed by atoms with E-state index in [1.807, 2.05) is 32.3 Å². The lowest BCUT2D eigenvalue weighted by molar-refractivity contribution is -0.142. The van der Waals surface area contributed by atoms with E-state index in [-0.39, 0.29) is 24.5 Å². The Kier molecular flexibility index (Phi) is 4.97. The van der Waals surface area contributed by atoms with Crippen molar-refractivity contribution in [2.24, 2.45) is 0 Å². The molecule has 0 N–H and O–H groups in total. The summed E-state index contributed by atoms with van der Waals surface area (Å²) < 4.78 is 12.4. The molecule has 1 aromatic rings. The highest BCUT2D eigenvalue weighted by atomic mass is 16.6. The minimum atomic E-state index is -0.529. The Morgan fingerprint density at radius 2 is 2.04 bits per heavy atom. The Morgan fingerprint density at radius 1 is 1.35 bits per heavy atom. The predicted octanol–water partition coefficient (Wildman–Crippen LogP) is 2.30. The van der Waals surface area contributed by atoms with Crippen LogP contribution in [0, 0.1) is 0 Å². The molecule has 0 aromatic carbocycles. The number of nitrogens with zero attached hydrogens (tertiary/aromatic N) is 3. The van der Waals surface area contributed by atoms with Crippen LogP contribution in [0.5, 0.6) is 0 Å². The molecule has 0 spiro atoms. The molecule has 0 radical (unpaired) electrons. The Morgan fingerprint density at radius 3 is 2.65 bits per heavy atom. The van der Waals surface area contributed by atoms with E-state index >= 15 is 0 Å². The van der Waals surface area contributed by atoms with Crippen LogP contribution in [0.15, 0.2) is 6.20 Å². The first kappa shape index (κ1) is 17.3. The number of hydrogen-bond donors (Lipinski definition) is 0. The summed E-state index contributed by atoms with van der Waals surface area (Å²) in [5.74, 6) is 0.499. The van der Waals surface area contributed by atoms with Crippen LogP contribution >= 0.6 is 0 Å². The van der Waals surface area contributed by atoms with Gasteiger partial charge < -0.3 is 14.0 Å². The Hall–Kier alpha value is -2.05. The lowest BCUT2D eigenvalue weighted by Gasteiger charge is -2.35. The van der Waals surface area contributed by atoms with Gasteiger partial charge in [-0.1, -0.05) is 0 Å². The average molecular weight is 323 g/mol. The summed E-state index contributed by atoms with van der Waals surface area (Å²) in [7, 11) is 0. The first-order chi connectivity index (χ1) is 10.7. The highest BCUT2D eigenvalue weighted by Crippen LogP contribution is 2.27. The maximum atomic E-state index is 12.3. The van der Waals surface area contributed by atoms with E-state index < -0.39 is 5.60 Å². The standard InChI is InChI=1S/C16H25N3O4/c1-6-22-13(20)9-12-10-17-14-11(2)18(7-8-19(12)14)15(21)23-16(3,4)5/h10-11H,6-9H2,1-5H3. The van der Waals surface area contributed by atoms with E-state index in [0.29, 0.717) is 19.7 Å². The first-order valence-corrected chi connectivity index (χ1v) is 7.92. The quantitative estimate of drug-likeness (QED) is 0.798. The predicted molar refractivity (Wildman–Crippen MR) is 83.9 cm³/mol. The summed E-state index contributed by atoms with van der Waals surface area (Å²) in [4.78, 5) is 30.0. The van der Waals surface area contributed by atoms with Gasteiger partial charge in [0.2, 0.25) is 0 Å². The molecule has 1 atom stereocenters. The van der Waals surface area contributed by atoms with Crippen LogP contribution in [0.25, 0.3) is 0 Å². The fourth-order valence-electron chi connectivity index (χ4n) is 2.63. The molecule has 7 heteroatoms. The summed E-state index contributed by atoms with van der Waals surface area (Å²) in [5, 5.41) is 0. The maximum absolute atomic E-state index is 12.3. The largest absolute Gasteiger partial charge is 0.466 e. The topological polar surface area (TPSA) is 73.7 Å². The molecule has 1 aliphatic rings. The fraction of sp³-hybridized carbons (Fsp3) is 0.688. The number of rotatable bonds is 3. The van der Waals surface area contributed by atoms with Crippen molar-refractivity contribution in [3.8, 4) is 0 Å². The monoisotopic (exact) mass is 323 g/mol. The van der Waals surface area contributed by atoms with Gasteiger partial charge in [0.1, 0.15) is 11.4 Å². The molecule has 128 valence electrons. The van der Waals surface area contributed by atoms with Crippen LogP contribution < -0.4 is 0 Å². The van der Waals surface area contributed by atoms with E-state index in [0.717, 1.165) is 11.5 Å². The Balaban J connectivity index is 2.12. The van der Waals surface area contributed by atoms with Gasteiger partial charge in [-0.15, -0.1) is 0 Å². The summed E-state index contributed by atoms with van der Waals surface area (Å²) in [6.07, 6.45) is 1.53. The van der Waals surface area contributed by atoms with Crippen molar-refractivity contribution in [3.05, 3.63) is 17.7 Å². The number of ether oxygens (including phenoxy) is 2. The van der Waals surface area contributed by atoms with Gasteiger partial charge in [-0.2, -0.15) is 0 Å². The third kappa shape index (κ3) is 4.03. The number of carbonyl (C=O) groups excluding carboxylic acids is 2. The summed E-state index contributed by atoms with van der Waals surface area (Å²) in [6, 6.07) is -0.199. The number of fused-ring (bicyclic) bond motifs is 1. The van der Waals surface area contributed by atoms with Crippen LogP contribution in [-0.2, 0) is 27.2 Å². The molecule has 1 aromatic heterocycles. The summed E-state index contributed by atoms with van der Waals surface area (Å²) in [6.45, 7) is 10.7. The molecule has 2 rings (SSSR count). The van der Waals surface area contributed by atoms with Crippen LogP contribution in [0.3, 0.4) is 0 Å². The molecule has 2 heterocycles. The van der Waals surface area contributed by atoms with Crippen molar-refractivity contribution in [2.45, 2.75) is 59.2 Å². The Labute approximate surface area is 136 Å². The third-order valence-corrected chi connectivity index (χ3v) is 3.63. The van der Waals surface area contributed by atoms with Crippen molar-refractivity contribution >= 4 is 12.1 Å². The molecular weight excluding hydrogens is 298 g/mol. The number of esters is 1. The van der Waals surface area contributed by atoms with E-state index in [9.17, 15) is 9.59 Å².